The quantitative estimate of drug-likeness (QED) is 0.416. The third-order valence-corrected chi connectivity index (χ3v) is 9.49. The van der Waals surface area contributed by atoms with E-state index in [1.807, 2.05) is 11.8 Å². The van der Waals surface area contributed by atoms with Gasteiger partial charge in [0.25, 0.3) is 0 Å². The molecule has 0 amide bonds. The summed E-state index contributed by atoms with van der Waals surface area (Å²) in [5, 5.41) is 1.52. The lowest BCUT2D eigenvalue weighted by Crippen LogP contribution is -3.61. The van der Waals surface area contributed by atoms with Crippen LogP contribution in [0.4, 0.5) is 0 Å². The molecule has 0 atom stereocenters. The highest BCUT2D eigenvalue weighted by atomic mass is 127. The Morgan fingerprint density at radius 2 is 1.12 bits per heavy atom. The van der Waals surface area contributed by atoms with Crippen LogP contribution in [0.25, 0.3) is 0 Å². The van der Waals surface area contributed by atoms with Gasteiger partial charge < -0.3 is 0 Å². The first-order chi connectivity index (χ1) is 11.5. The molecule has 0 nitrogen and oxygen atoms in total. The maximum absolute atomic E-state index is 2.39. The summed E-state index contributed by atoms with van der Waals surface area (Å²) in [6.45, 7) is 7.18. The van der Waals surface area contributed by atoms with Crippen molar-refractivity contribution < 1.29 is 21.2 Å². The van der Waals surface area contributed by atoms with Crippen LogP contribution in [-0.2, 0) is 0 Å². The molecule has 0 saturated heterocycles. The van der Waals surface area contributed by atoms with Gasteiger partial charge in [0, 0.05) is 9.79 Å². The van der Waals surface area contributed by atoms with Crippen LogP contribution in [0, 0.1) is 7.14 Å². The van der Waals surface area contributed by atoms with Crippen molar-refractivity contribution in [3.63, 3.8) is 0 Å². The van der Waals surface area contributed by atoms with Crippen molar-refractivity contribution in [3.8, 4) is 0 Å². The molecule has 3 rings (SSSR count). The summed E-state index contributed by atoms with van der Waals surface area (Å²) < 4.78 is 2.94. The maximum atomic E-state index is 2.39. The van der Waals surface area contributed by atoms with Crippen molar-refractivity contribution in [2.75, 3.05) is 0 Å². The number of benzene rings is 3. The van der Waals surface area contributed by atoms with Crippen LogP contribution in [0.2, 0.25) is 19.6 Å². The van der Waals surface area contributed by atoms with Crippen molar-refractivity contribution in [1.29, 1.82) is 0 Å². The molecule has 24 heavy (non-hydrogen) atoms. The predicted octanol–water partition coefficient (Wildman–Crippen LogP) is 2.51. The van der Waals surface area contributed by atoms with Crippen molar-refractivity contribution in [2.24, 2.45) is 0 Å². The zero-order valence-electron chi connectivity index (χ0n) is 14.3. The predicted molar refractivity (Wildman–Crippen MR) is 104 cm³/mol. The Balaban J connectivity index is 1.66. The van der Waals surface area contributed by atoms with Crippen LogP contribution < -0.4 is 26.4 Å². The minimum atomic E-state index is -1.20. The summed E-state index contributed by atoms with van der Waals surface area (Å²) in [6.07, 6.45) is 0. The normalized spacial score (nSPS) is 11.5. The summed E-state index contributed by atoms with van der Waals surface area (Å²) in [5.74, 6) is 0. The lowest BCUT2D eigenvalue weighted by molar-refractivity contribution is -0.597. The number of hydrogen-bond acceptors (Lipinski definition) is 1. The van der Waals surface area contributed by atoms with Gasteiger partial charge in [-0.2, -0.15) is 0 Å². The fourth-order valence-electron chi connectivity index (χ4n) is 2.33. The molecule has 0 unspecified atom stereocenters. The monoisotopic (exact) mass is 461 g/mol. The van der Waals surface area contributed by atoms with E-state index in [4.69, 9.17) is 0 Å². The summed E-state index contributed by atoms with van der Waals surface area (Å²) >= 11 is 1.78. The van der Waals surface area contributed by atoms with E-state index < -0.39 is 8.07 Å². The number of hydrogen-bond donors (Lipinski definition) is 0. The van der Waals surface area contributed by atoms with E-state index in [9.17, 15) is 0 Å². The van der Waals surface area contributed by atoms with Crippen molar-refractivity contribution in [3.05, 3.63) is 86.0 Å². The molecule has 3 aromatic rings. The lowest BCUT2D eigenvalue weighted by Gasteiger charge is -2.16. The molecule has 0 heterocycles. The van der Waals surface area contributed by atoms with E-state index in [-0.39, 0.29) is 21.2 Å². The van der Waals surface area contributed by atoms with Crippen LogP contribution in [0.3, 0.4) is 0 Å². The molecule has 3 heteroatoms. The molecule has 0 aromatic heterocycles. The van der Waals surface area contributed by atoms with E-state index >= 15 is 0 Å². The minimum Gasteiger partial charge on any atom is -0.0901 e. The average Bonchev–Trinajstić information content (AvgIpc) is 2.57. The van der Waals surface area contributed by atoms with Gasteiger partial charge in [0.1, 0.15) is 0 Å². The summed E-state index contributed by atoms with van der Waals surface area (Å²) in [6, 6.07) is 29.1. The molecule has 0 spiro atoms. The summed E-state index contributed by atoms with van der Waals surface area (Å²) in [7, 11) is -1.20. The van der Waals surface area contributed by atoms with Crippen LogP contribution in [0.5, 0.6) is 0 Å². The van der Waals surface area contributed by atoms with Crippen LogP contribution >= 0.6 is 11.8 Å². The van der Waals surface area contributed by atoms with Gasteiger partial charge in [-0.1, -0.05) is 66.9 Å². The average molecular weight is 461 g/mol. The molecule has 0 aliphatic rings. The molecule has 0 N–H and O–H groups in total. The van der Waals surface area contributed by atoms with Gasteiger partial charge in [0.15, 0.2) is 7.14 Å². The first kappa shape index (κ1) is 17.8. The van der Waals surface area contributed by atoms with E-state index in [2.05, 4.69) is 98.5 Å². The molecule has 0 radical (unpaired) electrons. The second-order valence-electron chi connectivity index (χ2n) is 6.72. The van der Waals surface area contributed by atoms with E-state index in [1.165, 1.54) is 22.1 Å². The van der Waals surface area contributed by atoms with Gasteiger partial charge >= 0.3 is 21.2 Å². The van der Waals surface area contributed by atoms with Gasteiger partial charge in [0.2, 0.25) is 0 Å². The Kier molecular flexibility index (Phi) is 5.84. The second kappa shape index (κ2) is 7.89. The molecule has 122 valence electrons. The minimum absolute atomic E-state index is 0.0671. The van der Waals surface area contributed by atoms with Gasteiger partial charge in [-0.15, -0.1) is 0 Å². The Morgan fingerprint density at radius 3 is 1.67 bits per heavy atom. The van der Waals surface area contributed by atoms with Gasteiger partial charge in [-0.25, -0.2) is 0 Å². The van der Waals surface area contributed by atoms with Gasteiger partial charge in [-0.3, -0.25) is 0 Å². The van der Waals surface area contributed by atoms with Crippen LogP contribution in [-0.4, -0.2) is 8.07 Å². The highest BCUT2D eigenvalue weighted by Gasteiger charge is 2.16. The van der Waals surface area contributed by atoms with E-state index in [0.29, 0.717) is 0 Å². The smallest absolute Gasteiger partial charge is 0.0901 e. The highest BCUT2D eigenvalue weighted by molar-refractivity contribution is 7.99. The van der Waals surface area contributed by atoms with Gasteiger partial charge in [0.05, 0.1) is 8.07 Å². The molecular weight excluding hydrogens is 439 g/mol. The Hall–Kier alpha value is -1.04. The molecule has 0 saturated carbocycles. The summed E-state index contributed by atoms with van der Waals surface area (Å²) in [5.41, 5.74) is 0. The molecule has 3 aromatic carbocycles. The first-order valence-corrected chi connectivity index (χ1v) is 14.6. The standard InChI is InChI=1S/C21H22ISSi/c1-24(2,3)21-15-13-20(14-16-21)23-19-11-9-18(10-12-19)22-17-7-5-4-6-8-17/h4-16H,1-3H3/q+1. The second-order valence-corrected chi connectivity index (χ2v) is 16.0. The van der Waals surface area contributed by atoms with Crippen molar-refractivity contribution >= 4 is 25.0 Å². The molecule has 0 aliphatic heterocycles. The molecule has 0 aliphatic carbocycles. The van der Waals surface area contributed by atoms with Gasteiger partial charge in [-0.05, 0) is 48.5 Å². The first-order valence-electron chi connectivity index (χ1n) is 8.09. The molecule has 0 bridgehead atoms. The highest BCUT2D eigenvalue weighted by Crippen LogP contribution is 2.26. The third-order valence-electron chi connectivity index (χ3n) is 3.72. The summed E-state index contributed by atoms with van der Waals surface area (Å²) in [4.78, 5) is 2.64. The zero-order valence-corrected chi connectivity index (χ0v) is 18.3. The molecule has 0 fully saturated rings. The third kappa shape index (κ3) is 4.98. The van der Waals surface area contributed by atoms with Crippen LogP contribution in [0.1, 0.15) is 0 Å². The number of rotatable bonds is 5. The van der Waals surface area contributed by atoms with E-state index in [0.717, 1.165) is 0 Å². The Bertz CT molecular complexity index is 775. The largest absolute Gasteiger partial charge is 0.357 e. The Morgan fingerprint density at radius 1 is 0.625 bits per heavy atom. The fourth-order valence-corrected chi connectivity index (χ4v) is 6.52. The Labute approximate surface area is 161 Å². The zero-order chi connectivity index (χ0) is 17.0. The topological polar surface area (TPSA) is 0 Å². The van der Waals surface area contributed by atoms with Crippen LogP contribution in [0.15, 0.2) is 88.7 Å². The SMILES string of the molecule is C[Si](C)(C)c1ccc(Sc2ccc([I+]c3ccccc3)cc2)cc1. The number of halogens is 1. The van der Waals surface area contributed by atoms with Crippen molar-refractivity contribution in [2.45, 2.75) is 29.4 Å². The lowest BCUT2D eigenvalue weighted by atomic mass is 10.4. The fraction of sp³-hybridized carbons (Fsp3) is 0.143. The maximum Gasteiger partial charge on any atom is 0.357 e. The molecular formula is C21H22ISSi+. The van der Waals surface area contributed by atoms with E-state index in [1.54, 1.807) is 0 Å². The van der Waals surface area contributed by atoms with Crippen molar-refractivity contribution in [1.82, 2.24) is 0 Å².